The zero-order valence-electron chi connectivity index (χ0n) is 12.5. The second kappa shape index (κ2) is 6.76. The molecule has 2 heterocycles. The van der Waals surface area contributed by atoms with E-state index in [-0.39, 0.29) is 12.5 Å². The second-order valence-corrected chi connectivity index (χ2v) is 5.97. The van der Waals surface area contributed by atoms with Gasteiger partial charge in [-0.25, -0.2) is 4.98 Å². The molecular formula is C17H16N2O3S. The van der Waals surface area contributed by atoms with Crippen molar-refractivity contribution in [1.29, 1.82) is 0 Å². The number of nitrogens with zero attached hydrogens (tertiary/aromatic N) is 1. The van der Waals surface area contributed by atoms with Gasteiger partial charge in [-0.2, -0.15) is 0 Å². The van der Waals surface area contributed by atoms with E-state index >= 15 is 0 Å². The molecule has 0 saturated carbocycles. The van der Waals surface area contributed by atoms with Gasteiger partial charge in [0.05, 0.1) is 12.8 Å². The Balaban J connectivity index is 1.68. The molecule has 1 amide bonds. The van der Waals surface area contributed by atoms with Crippen LogP contribution in [0.1, 0.15) is 27.9 Å². The lowest BCUT2D eigenvalue weighted by atomic mass is 10.1. The number of aliphatic hydroxyl groups excluding tert-OH is 1. The van der Waals surface area contributed by atoms with Gasteiger partial charge < -0.3 is 14.8 Å². The van der Waals surface area contributed by atoms with Crippen molar-refractivity contribution in [3.63, 3.8) is 0 Å². The van der Waals surface area contributed by atoms with Crippen LogP contribution >= 0.6 is 11.3 Å². The van der Waals surface area contributed by atoms with Gasteiger partial charge in [-0.1, -0.05) is 12.1 Å². The number of carbonyl (C=O) groups is 1. The number of aromatic nitrogens is 1. The van der Waals surface area contributed by atoms with E-state index in [9.17, 15) is 9.90 Å². The van der Waals surface area contributed by atoms with Crippen molar-refractivity contribution < 1.29 is 14.3 Å². The SMILES string of the molecule is Cc1csc(-c2cccc(C(=O)NCC(O)c3ccco3)c2)n1. The lowest BCUT2D eigenvalue weighted by Gasteiger charge is -2.10. The van der Waals surface area contributed by atoms with Gasteiger partial charge in [-0.05, 0) is 31.2 Å². The number of nitrogens with one attached hydrogen (secondary N) is 1. The van der Waals surface area contributed by atoms with Gasteiger partial charge in [-0.15, -0.1) is 11.3 Å². The van der Waals surface area contributed by atoms with Crippen LogP contribution in [0.25, 0.3) is 10.6 Å². The Bertz CT molecular complexity index is 796. The molecule has 0 aliphatic carbocycles. The molecule has 23 heavy (non-hydrogen) atoms. The minimum absolute atomic E-state index is 0.0902. The summed E-state index contributed by atoms with van der Waals surface area (Å²) in [5.41, 5.74) is 2.39. The topological polar surface area (TPSA) is 75.4 Å². The van der Waals surface area contributed by atoms with Gasteiger partial charge >= 0.3 is 0 Å². The molecule has 0 aliphatic heterocycles. The molecule has 0 bridgehead atoms. The number of benzene rings is 1. The van der Waals surface area contributed by atoms with Gasteiger partial charge in [0.15, 0.2) is 0 Å². The van der Waals surface area contributed by atoms with Crippen molar-refractivity contribution in [3.05, 3.63) is 65.1 Å². The Kier molecular flexibility index (Phi) is 4.55. The molecule has 3 aromatic rings. The maximum Gasteiger partial charge on any atom is 0.251 e. The van der Waals surface area contributed by atoms with Crippen LogP contribution in [0.15, 0.2) is 52.5 Å². The number of carbonyl (C=O) groups excluding carboxylic acids is 1. The zero-order valence-corrected chi connectivity index (χ0v) is 13.3. The first-order valence-electron chi connectivity index (χ1n) is 7.16. The van der Waals surface area contributed by atoms with E-state index in [0.29, 0.717) is 11.3 Å². The molecule has 0 saturated heterocycles. The van der Waals surface area contributed by atoms with E-state index in [0.717, 1.165) is 16.3 Å². The maximum atomic E-state index is 12.2. The fourth-order valence-electron chi connectivity index (χ4n) is 2.15. The molecule has 118 valence electrons. The highest BCUT2D eigenvalue weighted by molar-refractivity contribution is 7.13. The number of furan rings is 1. The van der Waals surface area contributed by atoms with E-state index in [1.165, 1.54) is 6.26 Å². The fourth-order valence-corrected chi connectivity index (χ4v) is 2.95. The minimum atomic E-state index is -0.862. The minimum Gasteiger partial charge on any atom is -0.467 e. The Hall–Kier alpha value is -2.44. The van der Waals surface area contributed by atoms with Gasteiger partial charge in [0.2, 0.25) is 0 Å². The normalized spacial score (nSPS) is 12.1. The molecule has 2 aromatic heterocycles. The fraction of sp³-hybridized carbons (Fsp3) is 0.176. The molecule has 3 rings (SSSR count). The Morgan fingerprint density at radius 3 is 2.96 bits per heavy atom. The molecular weight excluding hydrogens is 312 g/mol. The summed E-state index contributed by atoms with van der Waals surface area (Å²) in [6.45, 7) is 2.03. The van der Waals surface area contributed by atoms with Crippen LogP contribution in [0.5, 0.6) is 0 Å². The monoisotopic (exact) mass is 328 g/mol. The number of aryl methyl sites for hydroxylation is 1. The number of rotatable bonds is 5. The number of hydrogen-bond donors (Lipinski definition) is 2. The summed E-state index contributed by atoms with van der Waals surface area (Å²) in [7, 11) is 0. The van der Waals surface area contributed by atoms with Crippen LogP contribution in [0.2, 0.25) is 0 Å². The van der Waals surface area contributed by atoms with Crippen LogP contribution in [0.4, 0.5) is 0 Å². The molecule has 1 aromatic carbocycles. The predicted octanol–water partition coefficient (Wildman–Crippen LogP) is 3.17. The van der Waals surface area contributed by atoms with Crippen molar-refractivity contribution in [2.75, 3.05) is 6.54 Å². The largest absolute Gasteiger partial charge is 0.467 e. The summed E-state index contributed by atoms with van der Waals surface area (Å²) in [6.07, 6.45) is 0.624. The van der Waals surface area contributed by atoms with Gasteiger partial charge in [0.1, 0.15) is 16.9 Å². The predicted molar refractivity (Wildman–Crippen MR) is 88.3 cm³/mol. The molecule has 5 nitrogen and oxygen atoms in total. The van der Waals surface area contributed by atoms with Crippen LogP contribution in [0.3, 0.4) is 0 Å². The molecule has 0 aliphatic rings. The number of amides is 1. The van der Waals surface area contributed by atoms with E-state index in [2.05, 4.69) is 10.3 Å². The quantitative estimate of drug-likeness (QED) is 0.754. The third kappa shape index (κ3) is 3.67. The summed E-state index contributed by atoms with van der Waals surface area (Å²) >= 11 is 1.54. The van der Waals surface area contributed by atoms with E-state index in [4.69, 9.17) is 4.42 Å². The van der Waals surface area contributed by atoms with Crippen molar-refractivity contribution >= 4 is 17.2 Å². The lowest BCUT2D eigenvalue weighted by molar-refractivity contribution is 0.0901. The van der Waals surface area contributed by atoms with Crippen molar-refractivity contribution in [2.24, 2.45) is 0 Å². The Morgan fingerprint density at radius 2 is 2.26 bits per heavy atom. The van der Waals surface area contributed by atoms with Gasteiger partial charge in [0, 0.05) is 22.2 Å². The molecule has 1 atom stereocenters. The summed E-state index contributed by atoms with van der Waals surface area (Å²) in [6, 6.07) is 10.6. The van der Waals surface area contributed by atoms with E-state index in [1.54, 1.807) is 35.6 Å². The number of thiazole rings is 1. The highest BCUT2D eigenvalue weighted by atomic mass is 32.1. The molecule has 0 fully saturated rings. The van der Waals surface area contributed by atoms with Crippen molar-refractivity contribution in [1.82, 2.24) is 10.3 Å². The Labute approximate surface area is 137 Å². The lowest BCUT2D eigenvalue weighted by Crippen LogP contribution is -2.28. The summed E-state index contributed by atoms with van der Waals surface area (Å²) < 4.78 is 5.10. The second-order valence-electron chi connectivity index (χ2n) is 5.12. The number of aliphatic hydroxyl groups is 1. The smallest absolute Gasteiger partial charge is 0.251 e. The average Bonchev–Trinajstić information content (AvgIpc) is 3.24. The molecule has 6 heteroatoms. The van der Waals surface area contributed by atoms with Crippen LogP contribution in [-0.4, -0.2) is 22.5 Å². The van der Waals surface area contributed by atoms with Gasteiger partial charge in [-0.3, -0.25) is 4.79 Å². The third-order valence-corrected chi connectivity index (χ3v) is 4.33. The van der Waals surface area contributed by atoms with Crippen LogP contribution in [-0.2, 0) is 0 Å². The highest BCUT2D eigenvalue weighted by Gasteiger charge is 2.13. The highest BCUT2D eigenvalue weighted by Crippen LogP contribution is 2.24. The standard InChI is InChI=1S/C17H16N2O3S/c1-11-10-23-17(19-11)13-5-2-4-12(8-13)16(21)18-9-14(20)15-6-3-7-22-15/h2-8,10,14,20H,9H2,1H3,(H,18,21). The molecule has 0 spiro atoms. The summed E-state index contributed by atoms with van der Waals surface area (Å²) in [5.74, 6) is 0.183. The first-order chi connectivity index (χ1) is 11.1. The van der Waals surface area contributed by atoms with Crippen molar-refractivity contribution in [3.8, 4) is 10.6 Å². The number of hydrogen-bond acceptors (Lipinski definition) is 5. The van der Waals surface area contributed by atoms with E-state index in [1.807, 2.05) is 24.4 Å². The summed E-state index contributed by atoms with van der Waals surface area (Å²) in [5, 5.41) is 15.5. The zero-order chi connectivity index (χ0) is 16.2. The van der Waals surface area contributed by atoms with Gasteiger partial charge in [0.25, 0.3) is 5.91 Å². The van der Waals surface area contributed by atoms with Crippen molar-refractivity contribution in [2.45, 2.75) is 13.0 Å². The van der Waals surface area contributed by atoms with E-state index < -0.39 is 6.10 Å². The van der Waals surface area contributed by atoms with Crippen LogP contribution in [0, 0.1) is 6.92 Å². The maximum absolute atomic E-state index is 12.2. The molecule has 0 radical (unpaired) electrons. The average molecular weight is 328 g/mol. The first-order valence-corrected chi connectivity index (χ1v) is 8.03. The molecule has 1 unspecified atom stereocenters. The van der Waals surface area contributed by atoms with Crippen LogP contribution < -0.4 is 5.32 Å². The first kappa shape index (κ1) is 15.5. The molecule has 2 N–H and O–H groups in total. The Morgan fingerprint density at radius 1 is 1.39 bits per heavy atom. The summed E-state index contributed by atoms with van der Waals surface area (Å²) in [4.78, 5) is 16.7. The third-order valence-electron chi connectivity index (χ3n) is 3.32.